The van der Waals surface area contributed by atoms with E-state index in [0.29, 0.717) is 6.42 Å². The first kappa shape index (κ1) is 13.8. The maximum atomic E-state index is 11.7. The Bertz CT molecular complexity index is 478. The molecule has 0 aromatic carbocycles. The first-order valence-electron chi connectivity index (χ1n) is 5.34. The topological polar surface area (TPSA) is 79.3 Å². The maximum Gasteiger partial charge on any atom is 0.233 e. The quantitative estimate of drug-likeness (QED) is 0.865. The lowest BCUT2D eigenvalue weighted by Gasteiger charge is -2.18. The maximum absolute atomic E-state index is 11.7. The van der Waals surface area contributed by atoms with Gasteiger partial charge in [-0.25, -0.2) is 13.4 Å². The van der Waals surface area contributed by atoms with Gasteiger partial charge in [0.05, 0.1) is 5.75 Å². The predicted octanol–water partition coefficient (Wildman–Crippen LogP) is 1.97. The Morgan fingerprint density at radius 2 is 2.06 bits per heavy atom. The van der Waals surface area contributed by atoms with Crippen molar-refractivity contribution in [3.8, 4) is 5.75 Å². The van der Waals surface area contributed by atoms with E-state index in [9.17, 15) is 13.5 Å². The summed E-state index contributed by atoms with van der Waals surface area (Å²) in [7, 11) is -3.46. The van der Waals surface area contributed by atoms with Crippen LogP contribution in [0.5, 0.6) is 5.75 Å². The van der Waals surface area contributed by atoms with Gasteiger partial charge < -0.3 is 5.11 Å². The number of anilines is 1. The summed E-state index contributed by atoms with van der Waals surface area (Å²) < 4.78 is 25.7. The summed E-state index contributed by atoms with van der Waals surface area (Å²) in [5.41, 5.74) is -0.0547. The second-order valence-electron chi connectivity index (χ2n) is 5.10. The molecule has 0 amide bonds. The number of aromatic nitrogens is 1. The molecule has 6 heteroatoms. The molecule has 0 saturated heterocycles. The summed E-state index contributed by atoms with van der Waals surface area (Å²) in [4.78, 5) is 3.77. The van der Waals surface area contributed by atoms with Crippen LogP contribution in [0.4, 0.5) is 5.82 Å². The molecule has 0 saturated carbocycles. The number of nitrogens with one attached hydrogen (secondary N) is 1. The van der Waals surface area contributed by atoms with Gasteiger partial charge in [-0.1, -0.05) is 20.8 Å². The lowest BCUT2D eigenvalue weighted by molar-refractivity contribution is 0.397. The van der Waals surface area contributed by atoms with Gasteiger partial charge in [0.15, 0.2) is 11.6 Å². The zero-order valence-corrected chi connectivity index (χ0v) is 11.1. The molecule has 0 bridgehead atoms. The van der Waals surface area contributed by atoms with E-state index in [1.54, 1.807) is 0 Å². The highest BCUT2D eigenvalue weighted by molar-refractivity contribution is 7.92. The lowest BCUT2D eigenvalue weighted by Crippen LogP contribution is -2.21. The summed E-state index contributed by atoms with van der Waals surface area (Å²) in [6.07, 6.45) is 1.96. The number of aromatic hydroxyl groups is 1. The van der Waals surface area contributed by atoms with Crippen LogP contribution in [0.15, 0.2) is 18.3 Å². The van der Waals surface area contributed by atoms with E-state index in [4.69, 9.17) is 0 Å². The first-order valence-corrected chi connectivity index (χ1v) is 6.99. The average Bonchev–Trinajstić information content (AvgIpc) is 2.18. The van der Waals surface area contributed by atoms with Crippen LogP contribution < -0.4 is 4.72 Å². The van der Waals surface area contributed by atoms with Crippen molar-refractivity contribution < 1.29 is 13.5 Å². The van der Waals surface area contributed by atoms with Gasteiger partial charge >= 0.3 is 0 Å². The predicted molar refractivity (Wildman–Crippen MR) is 67.4 cm³/mol. The molecule has 2 N–H and O–H groups in total. The highest BCUT2D eigenvalue weighted by Crippen LogP contribution is 2.22. The summed E-state index contributed by atoms with van der Waals surface area (Å²) >= 11 is 0. The van der Waals surface area contributed by atoms with Crippen molar-refractivity contribution in [2.45, 2.75) is 27.2 Å². The summed E-state index contributed by atoms with van der Waals surface area (Å²) in [5.74, 6) is -0.194. The van der Waals surface area contributed by atoms with Gasteiger partial charge in [-0.3, -0.25) is 4.72 Å². The minimum absolute atomic E-state index is 0.00646. The molecular weight excluding hydrogens is 240 g/mol. The fraction of sp³-hybridized carbons (Fsp3) is 0.545. The third-order valence-electron chi connectivity index (χ3n) is 2.16. The molecule has 17 heavy (non-hydrogen) atoms. The lowest BCUT2D eigenvalue weighted by atomic mass is 9.94. The van der Waals surface area contributed by atoms with Crippen molar-refractivity contribution in [3.05, 3.63) is 18.3 Å². The monoisotopic (exact) mass is 258 g/mol. The van der Waals surface area contributed by atoms with Crippen LogP contribution in [-0.2, 0) is 10.0 Å². The van der Waals surface area contributed by atoms with Crippen molar-refractivity contribution in [1.82, 2.24) is 4.98 Å². The summed E-state index contributed by atoms with van der Waals surface area (Å²) in [6.45, 7) is 5.92. The van der Waals surface area contributed by atoms with Gasteiger partial charge in [-0.05, 0) is 24.0 Å². The van der Waals surface area contributed by atoms with Crippen LogP contribution in [0.3, 0.4) is 0 Å². The molecule has 1 rings (SSSR count). The molecule has 0 fully saturated rings. The fourth-order valence-electron chi connectivity index (χ4n) is 1.11. The van der Waals surface area contributed by atoms with Crippen LogP contribution in [-0.4, -0.2) is 24.3 Å². The van der Waals surface area contributed by atoms with Crippen molar-refractivity contribution in [2.75, 3.05) is 10.5 Å². The number of rotatable bonds is 4. The van der Waals surface area contributed by atoms with E-state index in [1.807, 2.05) is 20.8 Å². The standard InChI is InChI=1S/C11H18N2O3S/c1-11(2,3)6-8-17(15,16)13-10-9(14)5-4-7-12-10/h4-5,7,14H,6,8H2,1-3H3,(H,12,13). The Morgan fingerprint density at radius 3 is 2.59 bits per heavy atom. The van der Waals surface area contributed by atoms with Gasteiger partial charge in [0.2, 0.25) is 10.0 Å². The molecule has 96 valence electrons. The highest BCUT2D eigenvalue weighted by Gasteiger charge is 2.18. The highest BCUT2D eigenvalue weighted by atomic mass is 32.2. The summed E-state index contributed by atoms with van der Waals surface area (Å²) in [6, 6.07) is 2.91. The molecule has 1 aromatic rings. The van der Waals surface area contributed by atoms with E-state index in [1.165, 1.54) is 18.3 Å². The van der Waals surface area contributed by atoms with Crippen LogP contribution in [0.25, 0.3) is 0 Å². The first-order chi connectivity index (χ1) is 7.70. The molecule has 0 radical (unpaired) electrons. The van der Waals surface area contributed by atoms with Gasteiger partial charge in [0, 0.05) is 6.20 Å². The fourth-order valence-corrected chi connectivity index (χ4v) is 2.55. The van der Waals surface area contributed by atoms with Gasteiger partial charge in [0.25, 0.3) is 0 Å². The number of pyridine rings is 1. The summed E-state index contributed by atoms with van der Waals surface area (Å²) in [5, 5.41) is 9.41. The number of sulfonamides is 1. The van der Waals surface area contributed by atoms with E-state index >= 15 is 0 Å². The third-order valence-corrected chi connectivity index (χ3v) is 3.41. The van der Waals surface area contributed by atoms with Crippen LogP contribution in [0.2, 0.25) is 0 Å². The Kier molecular flexibility index (Phi) is 3.98. The Morgan fingerprint density at radius 1 is 1.41 bits per heavy atom. The minimum atomic E-state index is -3.46. The second kappa shape index (κ2) is 4.91. The number of hydrogen-bond donors (Lipinski definition) is 2. The molecule has 5 nitrogen and oxygen atoms in total. The largest absolute Gasteiger partial charge is 0.504 e. The van der Waals surface area contributed by atoms with E-state index in [0.717, 1.165) is 0 Å². The Balaban J connectivity index is 2.71. The van der Waals surface area contributed by atoms with Crippen LogP contribution in [0.1, 0.15) is 27.2 Å². The van der Waals surface area contributed by atoms with Crippen molar-refractivity contribution in [3.63, 3.8) is 0 Å². The van der Waals surface area contributed by atoms with E-state index in [2.05, 4.69) is 9.71 Å². The molecule has 1 aromatic heterocycles. The SMILES string of the molecule is CC(C)(C)CCS(=O)(=O)Nc1ncccc1O. The molecule has 0 aliphatic rings. The van der Waals surface area contributed by atoms with Crippen LogP contribution >= 0.6 is 0 Å². The van der Waals surface area contributed by atoms with Gasteiger partial charge in [-0.15, -0.1) is 0 Å². The second-order valence-corrected chi connectivity index (χ2v) is 6.94. The molecule has 1 heterocycles. The Hall–Kier alpha value is -1.30. The number of nitrogens with zero attached hydrogens (tertiary/aromatic N) is 1. The van der Waals surface area contributed by atoms with Crippen LogP contribution in [0, 0.1) is 5.41 Å². The normalized spacial score (nSPS) is 12.4. The smallest absolute Gasteiger partial charge is 0.233 e. The number of hydrogen-bond acceptors (Lipinski definition) is 4. The minimum Gasteiger partial charge on any atom is -0.504 e. The Labute approximate surface area is 102 Å². The van der Waals surface area contributed by atoms with Gasteiger partial charge in [0.1, 0.15) is 0 Å². The van der Waals surface area contributed by atoms with Crippen molar-refractivity contribution in [2.24, 2.45) is 5.41 Å². The van der Waals surface area contributed by atoms with E-state index < -0.39 is 10.0 Å². The van der Waals surface area contributed by atoms with E-state index in [-0.39, 0.29) is 22.7 Å². The molecular formula is C11H18N2O3S. The molecule has 0 unspecified atom stereocenters. The molecule has 0 atom stereocenters. The molecule has 0 aliphatic heterocycles. The zero-order valence-electron chi connectivity index (χ0n) is 10.3. The van der Waals surface area contributed by atoms with Gasteiger partial charge in [-0.2, -0.15) is 0 Å². The molecule has 0 spiro atoms. The molecule has 0 aliphatic carbocycles. The van der Waals surface area contributed by atoms with Crippen molar-refractivity contribution in [1.29, 1.82) is 0 Å². The zero-order chi connectivity index (χ0) is 13.1. The third kappa shape index (κ3) is 5.04. The average molecular weight is 258 g/mol. The van der Waals surface area contributed by atoms with Crippen molar-refractivity contribution >= 4 is 15.8 Å².